The summed E-state index contributed by atoms with van der Waals surface area (Å²) in [6, 6.07) is 11.0. The standard InChI is InChI=1S/C15H15BrN2O2/c1-9(19)14-4-3-11(8-15(14)17)18-12-5-10(16)6-13(7-12)20-2/h3-8,18H,17H2,1-2H3. The van der Waals surface area contributed by atoms with Gasteiger partial charge < -0.3 is 15.8 Å². The van der Waals surface area contributed by atoms with Crippen molar-refractivity contribution in [2.24, 2.45) is 0 Å². The van der Waals surface area contributed by atoms with E-state index < -0.39 is 0 Å². The molecule has 0 aromatic heterocycles. The lowest BCUT2D eigenvalue weighted by atomic mass is 10.1. The van der Waals surface area contributed by atoms with Gasteiger partial charge in [0, 0.05) is 33.2 Å². The third-order valence-electron chi connectivity index (χ3n) is 2.83. The lowest BCUT2D eigenvalue weighted by molar-refractivity contribution is 0.101. The third kappa shape index (κ3) is 3.30. The van der Waals surface area contributed by atoms with Crippen molar-refractivity contribution < 1.29 is 9.53 Å². The zero-order valence-corrected chi connectivity index (χ0v) is 12.8. The van der Waals surface area contributed by atoms with Crippen LogP contribution < -0.4 is 15.8 Å². The van der Waals surface area contributed by atoms with E-state index in [0.29, 0.717) is 11.3 Å². The first-order valence-electron chi connectivity index (χ1n) is 6.01. The number of nitrogen functional groups attached to an aromatic ring is 1. The van der Waals surface area contributed by atoms with Gasteiger partial charge in [0.1, 0.15) is 5.75 Å². The number of carbonyl (C=O) groups is 1. The Morgan fingerprint density at radius 2 is 1.95 bits per heavy atom. The molecule has 3 N–H and O–H groups in total. The Bertz CT molecular complexity index is 656. The summed E-state index contributed by atoms with van der Waals surface area (Å²) in [5, 5.41) is 3.23. The Morgan fingerprint density at radius 3 is 2.55 bits per heavy atom. The molecule has 4 nitrogen and oxygen atoms in total. The Kier molecular flexibility index (Phi) is 4.29. The number of ketones is 1. The van der Waals surface area contributed by atoms with Crippen LogP contribution in [-0.2, 0) is 0 Å². The van der Waals surface area contributed by atoms with Crippen molar-refractivity contribution in [2.75, 3.05) is 18.2 Å². The second kappa shape index (κ2) is 5.96. The maximum atomic E-state index is 11.3. The molecule has 0 heterocycles. The van der Waals surface area contributed by atoms with Crippen LogP contribution in [0.2, 0.25) is 0 Å². The molecule has 0 fully saturated rings. The SMILES string of the molecule is COc1cc(Br)cc(Nc2ccc(C(C)=O)c(N)c2)c1. The van der Waals surface area contributed by atoms with E-state index in [9.17, 15) is 4.79 Å². The molecule has 0 aliphatic carbocycles. The fourth-order valence-corrected chi connectivity index (χ4v) is 2.35. The van der Waals surface area contributed by atoms with E-state index >= 15 is 0 Å². The summed E-state index contributed by atoms with van der Waals surface area (Å²) < 4.78 is 6.12. The van der Waals surface area contributed by atoms with Gasteiger partial charge in [-0.1, -0.05) is 15.9 Å². The van der Waals surface area contributed by atoms with Crippen LogP contribution in [0.15, 0.2) is 40.9 Å². The first kappa shape index (κ1) is 14.4. The average molecular weight is 335 g/mol. The molecule has 104 valence electrons. The van der Waals surface area contributed by atoms with Crippen molar-refractivity contribution in [3.63, 3.8) is 0 Å². The highest BCUT2D eigenvalue weighted by Crippen LogP contribution is 2.28. The van der Waals surface area contributed by atoms with E-state index in [1.54, 1.807) is 19.2 Å². The van der Waals surface area contributed by atoms with Gasteiger partial charge in [0.2, 0.25) is 0 Å². The van der Waals surface area contributed by atoms with E-state index in [1.165, 1.54) is 6.92 Å². The quantitative estimate of drug-likeness (QED) is 0.655. The predicted molar refractivity (Wildman–Crippen MR) is 84.8 cm³/mol. The molecule has 0 amide bonds. The second-order valence-corrected chi connectivity index (χ2v) is 5.28. The van der Waals surface area contributed by atoms with Crippen LogP contribution in [0, 0.1) is 0 Å². The fourth-order valence-electron chi connectivity index (χ4n) is 1.88. The molecule has 0 spiro atoms. The maximum Gasteiger partial charge on any atom is 0.161 e. The van der Waals surface area contributed by atoms with Crippen molar-refractivity contribution in [1.29, 1.82) is 0 Å². The highest BCUT2D eigenvalue weighted by molar-refractivity contribution is 9.10. The number of nitrogens with two attached hydrogens (primary N) is 1. The highest BCUT2D eigenvalue weighted by atomic mass is 79.9. The van der Waals surface area contributed by atoms with E-state index in [0.717, 1.165) is 21.6 Å². The summed E-state index contributed by atoms with van der Waals surface area (Å²) in [5.74, 6) is 0.702. The smallest absolute Gasteiger partial charge is 0.161 e. The van der Waals surface area contributed by atoms with Crippen molar-refractivity contribution in [2.45, 2.75) is 6.92 Å². The van der Waals surface area contributed by atoms with Crippen molar-refractivity contribution in [1.82, 2.24) is 0 Å². The van der Waals surface area contributed by atoms with Gasteiger partial charge >= 0.3 is 0 Å². The van der Waals surface area contributed by atoms with E-state index in [1.807, 2.05) is 24.3 Å². The molecule has 2 rings (SSSR count). The second-order valence-electron chi connectivity index (χ2n) is 4.36. The molecule has 20 heavy (non-hydrogen) atoms. The monoisotopic (exact) mass is 334 g/mol. The number of hydrogen-bond acceptors (Lipinski definition) is 4. The molecule has 2 aromatic carbocycles. The molecule has 0 saturated carbocycles. The minimum absolute atomic E-state index is 0.0434. The first-order chi connectivity index (χ1) is 9.49. The van der Waals surface area contributed by atoms with Crippen LogP contribution >= 0.6 is 15.9 Å². The fraction of sp³-hybridized carbons (Fsp3) is 0.133. The number of rotatable bonds is 4. The van der Waals surface area contributed by atoms with Gasteiger partial charge in [-0.05, 0) is 37.3 Å². The Balaban J connectivity index is 2.28. The molecule has 2 aromatic rings. The summed E-state index contributed by atoms with van der Waals surface area (Å²) in [4.78, 5) is 11.3. The number of nitrogens with one attached hydrogen (secondary N) is 1. The minimum Gasteiger partial charge on any atom is -0.497 e. The minimum atomic E-state index is -0.0434. The molecule has 0 unspecified atom stereocenters. The summed E-state index contributed by atoms with van der Waals surface area (Å²) in [6.07, 6.45) is 0. The lowest BCUT2D eigenvalue weighted by Crippen LogP contribution is -2.01. The van der Waals surface area contributed by atoms with E-state index in [4.69, 9.17) is 10.5 Å². The Hall–Kier alpha value is -2.01. The van der Waals surface area contributed by atoms with Crippen LogP contribution in [0.4, 0.5) is 17.1 Å². The molecular weight excluding hydrogens is 320 g/mol. The van der Waals surface area contributed by atoms with Crippen molar-refractivity contribution in [3.05, 3.63) is 46.4 Å². The summed E-state index contributed by atoms with van der Waals surface area (Å²) >= 11 is 3.42. The van der Waals surface area contributed by atoms with Gasteiger partial charge in [0.25, 0.3) is 0 Å². The van der Waals surface area contributed by atoms with Gasteiger partial charge in [-0.25, -0.2) is 0 Å². The number of anilines is 3. The number of carbonyl (C=O) groups excluding carboxylic acids is 1. The van der Waals surface area contributed by atoms with Crippen LogP contribution in [0.1, 0.15) is 17.3 Å². The van der Waals surface area contributed by atoms with Gasteiger partial charge in [-0.3, -0.25) is 4.79 Å². The maximum absolute atomic E-state index is 11.3. The number of methoxy groups -OCH3 is 1. The molecule has 0 aliphatic rings. The van der Waals surface area contributed by atoms with E-state index in [-0.39, 0.29) is 5.78 Å². The Morgan fingerprint density at radius 1 is 1.20 bits per heavy atom. The van der Waals surface area contributed by atoms with Gasteiger partial charge in [0.15, 0.2) is 5.78 Å². The van der Waals surface area contributed by atoms with E-state index in [2.05, 4.69) is 21.2 Å². The molecule has 0 radical (unpaired) electrons. The predicted octanol–water partition coefficient (Wildman–Crippen LogP) is 3.99. The number of benzene rings is 2. The molecule has 0 atom stereocenters. The lowest BCUT2D eigenvalue weighted by Gasteiger charge is -2.11. The van der Waals surface area contributed by atoms with Crippen LogP contribution in [0.3, 0.4) is 0 Å². The van der Waals surface area contributed by atoms with Gasteiger partial charge in [0.05, 0.1) is 7.11 Å². The van der Waals surface area contributed by atoms with Crippen LogP contribution in [0.25, 0.3) is 0 Å². The molecule has 5 heteroatoms. The van der Waals surface area contributed by atoms with Crippen LogP contribution in [-0.4, -0.2) is 12.9 Å². The van der Waals surface area contributed by atoms with Crippen LogP contribution in [0.5, 0.6) is 5.75 Å². The van der Waals surface area contributed by atoms with Crippen molar-refractivity contribution >= 4 is 38.8 Å². The molecular formula is C15H15BrN2O2. The third-order valence-corrected chi connectivity index (χ3v) is 3.28. The number of ether oxygens (including phenoxy) is 1. The average Bonchev–Trinajstić information content (AvgIpc) is 2.37. The summed E-state index contributed by atoms with van der Waals surface area (Å²) in [5.41, 5.74) is 8.54. The largest absolute Gasteiger partial charge is 0.497 e. The topological polar surface area (TPSA) is 64.3 Å². The molecule has 0 aliphatic heterocycles. The number of hydrogen-bond donors (Lipinski definition) is 2. The number of Topliss-reactive ketones (excluding diaryl/α,β-unsaturated/α-hetero) is 1. The number of halogens is 1. The Labute approximate surface area is 126 Å². The summed E-state index contributed by atoms with van der Waals surface area (Å²) in [6.45, 7) is 1.50. The van der Waals surface area contributed by atoms with Gasteiger partial charge in [-0.15, -0.1) is 0 Å². The van der Waals surface area contributed by atoms with Gasteiger partial charge in [-0.2, -0.15) is 0 Å². The highest BCUT2D eigenvalue weighted by Gasteiger charge is 2.06. The molecule has 0 saturated heterocycles. The van der Waals surface area contributed by atoms with Crippen molar-refractivity contribution in [3.8, 4) is 5.75 Å². The molecule has 0 bridgehead atoms. The normalized spacial score (nSPS) is 10.2. The summed E-state index contributed by atoms with van der Waals surface area (Å²) in [7, 11) is 1.62. The zero-order valence-electron chi connectivity index (χ0n) is 11.2. The zero-order chi connectivity index (χ0) is 14.7. The first-order valence-corrected chi connectivity index (χ1v) is 6.81.